The number of carbonyl (C=O) groups is 2. The van der Waals surface area contributed by atoms with Gasteiger partial charge < -0.3 is 9.64 Å². The van der Waals surface area contributed by atoms with Crippen LogP contribution in [0, 0.1) is 5.82 Å². The molecule has 0 bridgehead atoms. The summed E-state index contributed by atoms with van der Waals surface area (Å²) in [6.07, 6.45) is 0.994. The van der Waals surface area contributed by atoms with Crippen molar-refractivity contribution in [3.05, 3.63) is 70.0 Å². The molecule has 2 aromatic rings. The fraction of sp³-hybridized carbons (Fsp3) is 0.300. The monoisotopic (exact) mass is 373 g/mol. The van der Waals surface area contributed by atoms with Gasteiger partial charge >= 0.3 is 5.97 Å². The van der Waals surface area contributed by atoms with E-state index in [-0.39, 0.29) is 28.9 Å². The number of hydrogen-bond acceptors (Lipinski definition) is 3. The molecule has 1 spiro atoms. The predicted octanol–water partition coefficient (Wildman–Crippen LogP) is 3.71. The van der Waals surface area contributed by atoms with E-state index < -0.39 is 11.4 Å². The van der Waals surface area contributed by atoms with E-state index in [0.717, 1.165) is 5.56 Å². The maximum atomic E-state index is 13.9. The van der Waals surface area contributed by atoms with Gasteiger partial charge in [-0.3, -0.25) is 4.79 Å². The van der Waals surface area contributed by atoms with Crippen molar-refractivity contribution in [3.63, 3.8) is 0 Å². The Morgan fingerprint density at radius 2 is 1.88 bits per heavy atom. The Morgan fingerprint density at radius 3 is 2.62 bits per heavy atom. The Bertz CT molecular complexity index is 870. The molecule has 0 N–H and O–H groups in total. The van der Waals surface area contributed by atoms with Crippen LogP contribution in [0.25, 0.3) is 0 Å². The average molecular weight is 374 g/mol. The van der Waals surface area contributed by atoms with Crippen LogP contribution in [0.3, 0.4) is 0 Å². The summed E-state index contributed by atoms with van der Waals surface area (Å²) in [5.41, 5.74) is 1.07. The molecule has 0 atom stereocenters. The number of nitrogens with zero attached hydrogens (tertiary/aromatic N) is 1. The number of rotatable bonds is 2. The number of hydrogen-bond donors (Lipinski definition) is 0. The van der Waals surface area contributed by atoms with Crippen LogP contribution >= 0.6 is 11.6 Å². The van der Waals surface area contributed by atoms with Crippen LogP contribution in [0.5, 0.6) is 0 Å². The first kappa shape index (κ1) is 17.0. The van der Waals surface area contributed by atoms with Gasteiger partial charge in [0.25, 0.3) is 0 Å². The first-order chi connectivity index (χ1) is 12.5. The van der Waals surface area contributed by atoms with E-state index in [4.69, 9.17) is 16.3 Å². The lowest BCUT2D eigenvalue weighted by Crippen LogP contribution is -2.45. The topological polar surface area (TPSA) is 46.6 Å². The highest BCUT2D eigenvalue weighted by molar-refractivity contribution is 6.31. The third kappa shape index (κ3) is 2.76. The minimum absolute atomic E-state index is 0.0745. The summed E-state index contributed by atoms with van der Waals surface area (Å²) in [4.78, 5) is 26.4. The van der Waals surface area contributed by atoms with Crippen LogP contribution in [-0.2, 0) is 21.6 Å². The van der Waals surface area contributed by atoms with Crippen LogP contribution in [0.2, 0.25) is 5.02 Å². The van der Waals surface area contributed by atoms with Crippen molar-refractivity contribution in [2.45, 2.75) is 24.9 Å². The Labute approximate surface area is 155 Å². The average Bonchev–Trinajstić information content (AvgIpc) is 2.91. The molecule has 2 aromatic carbocycles. The molecular weight excluding hydrogens is 357 g/mol. The maximum absolute atomic E-state index is 13.9. The Morgan fingerprint density at radius 1 is 1.15 bits per heavy atom. The molecule has 4 rings (SSSR count). The smallest absolute Gasteiger partial charge is 0.339 e. The second-order valence-corrected chi connectivity index (χ2v) is 7.09. The highest BCUT2D eigenvalue weighted by Gasteiger charge is 2.47. The highest BCUT2D eigenvalue weighted by Crippen LogP contribution is 2.44. The molecular formula is C20H17ClFNO3. The number of benzene rings is 2. The van der Waals surface area contributed by atoms with Gasteiger partial charge in [-0.05, 0) is 18.2 Å². The number of halogens is 2. The van der Waals surface area contributed by atoms with Gasteiger partial charge in [-0.25, -0.2) is 9.18 Å². The van der Waals surface area contributed by atoms with Gasteiger partial charge in [0.05, 0.1) is 12.0 Å². The lowest BCUT2D eigenvalue weighted by molar-refractivity contribution is -0.134. The van der Waals surface area contributed by atoms with E-state index in [0.29, 0.717) is 31.5 Å². The summed E-state index contributed by atoms with van der Waals surface area (Å²) in [7, 11) is 0. The molecule has 4 nitrogen and oxygen atoms in total. The van der Waals surface area contributed by atoms with E-state index in [2.05, 4.69) is 0 Å². The number of piperidine rings is 1. The normalized spacial score (nSPS) is 17.9. The van der Waals surface area contributed by atoms with Gasteiger partial charge in [0, 0.05) is 42.1 Å². The summed E-state index contributed by atoms with van der Waals surface area (Å²) < 4.78 is 19.6. The zero-order valence-electron chi connectivity index (χ0n) is 14.0. The van der Waals surface area contributed by atoms with Crippen LogP contribution in [-0.4, -0.2) is 29.9 Å². The molecule has 0 aromatic heterocycles. The summed E-state index contributed by atoms with van der Waals surface area (Å²) in [5.74, 6) is -0.957. The molecule has 6 heteroatoms. The minimum Gasteiger partial charge on any atom is -0.450 e. The molecule has 1 fully saturated rings. The third-order valence-electron chi connectivity index (χ3n) is 5.24. The van der Waals surface area contributed by atoms with Gasteiger partial charge in [-0.2, -0.15) is 0 Å². The largest absolute Gasteiger partial charge is 0.450 e. The van der Waals surface area contributed by atoms with Crippen molar-refractivity contribution < 1.29 is 18.7 Å². The van der Waals surface area contributed by atoms with Crippen molar-refractivity contribution in [1.29, 1.82) is 0 Å². The molecule has 0 radical (unpaired) electrons. The molecule has 0 unspecified atom stereocenters. The van der Waals surface area contributed by atoms with Gasteiger partial charge in [0.15, 0.2) is 0 Å². The number of likely N-dealkylation sites (tertiary alicyclic amines) is 1. The van der Waals surface area contributed by atoms with Crippen LogP contribution < -0.4 is 0 Å². The third-order valence-corrected chi connectivity index (χ3v) is 5.59. The summed E-state index contributed by atoms with van der Waals surface area (Å²) in [5, 5.41) is 0.255. The number of amides is 1. The quantitative estimate of drug-likeness (QED) is 0.754. The lowest BCUT2D eigenvalue weighted by Gasteiger charge is -2.38. The fourth-order valence-electron chi connectivity index (χ4n) is 3.80. The Hall–Kier alpha value is -2.40. The van der Waals surface area contributed by atoms with Crippen molar-refractivity contribution in [2.75, 3.05) is 13.1 Å². The summed E-state index contributed by atoms with van der Waals surface area (Å²) in [6, 6.07) is 11.8. The lowest BCUT2D eigenvalue weighted by atomic mass is 9.83. The Balaban J connectivity index is 1.48. The van der Waals surface area contributed by atoms with E-state index in [1.807, 2.05) is 18.2 Å². The number of esters is 1. The standard InChI is InChI=1S/C20H17ClFNO3/c21-16-6-3-7-17(22)14(16)12-18(24)23-10-8-20(9-11-23)15-5-2-1-4-13(15)19(25)26-20/h1-7H,8-12H2. The van der Waals surface area contributed by atoms with E-state index in [1.54, 1.807) is 17.0 Å². The summed E-state index contributed by atoms with van der Waals surface area (Å²) in [6.45, 7) is 0.902. The Kier molecular flexibility index (Phi) is 4.19. The molecule has 0 saturated carbocycles. The maximum Gasteiger partial charge on any atom is 0.339 e. The van der Waals surface area contributed by atoms with Gasteiger partial charge in [-0.1, -0.05) is 35.9 Å². The van der Waals surface area contributed by atoms with Crippen molar-refractivity contribution in [1.82, 2.24) is 4.90 Å². The zero-order chi connectivity index (χ0) is 18.3. The van der Waals surface area contributed by atoms with Crippen molar-refractivity contribution in [3.8, 4) is 0 Å². The minimum atomic E-state index is -0.653. The zero-order valence-corrected chi connectivity index (χ0v) is 14.8. The summed E-state index contributed by atoms with van der Waals surface area (Å²) >= 11 is 6.02. The highest BCUT2D eigenvalue weighted by atomic mass is 35.5. The van der Waals surface area contributed by atoms with Crippen molar-refractivity contribution >= 4 is 23.5 Å². The van der Waals surface area contributed by atoms with E-state index in [1.165, 1.54) is 12.1 Å². The molecule has 1 amide bonds. The molecule has 0 aliphatic carbocycles. The molecule has 2 aliphatic heterocycles. The van der Waals surface area contributed by atoms with E-state index >= 15 is 0 Å². The number of fused-ring (bicyclic) bond motifs is 2. The first-order valence-electron chi connectivity index (χ1n) is 8.54. The second kappa shape index (κ2) is 6.40. The molecule has 134 valence electrons. The fourth-order valence-corrected chi connectivity index (χ4v) is 4.03. The van der Waals surface area contributed by atoms with Crippen LogP contribution in [0.4, 0.5) is 4.39 Å². The van der Waals surface area contributed by atoms with Crippen molar-refractivity contribution in [2.24, 2.45) is 0 Å². The van der Waals surface area contributed by atoms with Gasteiger partial charge in [0.1, 0.15) is 11.4 Å². The predicted molar refractivity (Wildman–Crippen MR) is 94.5 cm³/mol. The molecule has 2 heterocycles. The number of ether oxygens (including phenoxy) is 1. The van der Waals surface area contributed by atoms with Gasteiger partial charge in [0.2, 0.25) is 5.91 Å². The molecule has 26 heavy (non-hydrogen) atoms. The second-order valence-electron chi connectivity index (χ2n) is 6.69. The molecule has 1 saturated heterocycles. The first-order valence-corrected chi connectivity index (χ1v) is 8.91. The van der Waals surface area contributed by atoms with Crippen LogP contribution in [0.1, 0.15) is 34.3 Å². The van der Waals surface area contributed by atoms with Crippen LogP contribution in [0.15, 0.2) is 42.5 Å². The molecule has 2 aliphatic rings. The van der Waals surface area contributed by atoms with E-state index in [9.17, 15) is 14.0 Å². The van der Waals surface area contributed by atoms with Gasteiger partial charge in [-0.15, -0.1) is 0 Å². The SMILES string of the molecule is O=C1OC2(CCN(C(=O)Cc3c(F)cccc3Cl)CC2)c2ccccc21. The number of carbonyl (C=O) groups excluding carboxylic acids is 2.